The predicted octanol–water partition coefficient (Wildman–Crippen LogP) is 2.19. The number of halogens is 3. The first-order chi connectivity index (χ1) is 7.48. The zero-order valence-electron chi connectivity index (χ0n) is 7.99. The van der Waals surface area contributed by atoms with Gasteiger partial charge in [0, 0.05) is 5.69 Å². The van der Waals surface area contributed by atoms with E-state index in [-0.39, 0.29) is 12.4 Å². The molecule has 0 aromatic heterocycles. The highest BCUT2D eigenvalue weighted by molar-refractivity contribution is 5.99. The van der Waals surface area contributed by atoms with Crippen molar-refractivity contribution in [1.82, 2.24) is 0 Å². The SMILES string of the molecule is O=C1[CH]OCN1c1cccc(C(F)(F)F)c1. The molecule has 1 fully saturated rings. The molecule has 1 heterocycles. The second-order valence-electron chi connectivity index (χ2n) is 3.23. The molecule has 1 aliphatic heterocycles. The van der Waals surface area contributed by atoms with Gasteiger partial charge in [-0.3, -0.25) is 9.69 Å². The molecular weight excluding hydrogens is 223 g/mol. The minimum absolute atomic E-state index is 0.0554. The summed E-state index contributed by atoms with van der Waals surface area (Å²) in [5, 5.41) is 0. The van der Waals surface area contributed by atoms with Crippen molar-refractivity contribution in [2.24, 2.45) is 0 Å². The number of ether oxygens (including phenoxy) is 1. The molecule has 0 N–H and O–H groups in total. The zero-order chi connectivity index (χ0) is 11.8. The van der Waals surface area contributed by atoms with E-state index in [0.717, 1.165) is 23.6 Å². The quantitative estimate of drug-likeness (QED) is 0.740. The van der Waals surface area contributed by atoms with E-state index in [1.807, 2.05) is 0 Å². The number of hydrogen-bond acceptors (Lipinski definition) is 2. The van der Waals surface area contributed by atoms with Crippen molar-refractivity contribution in [3.8, 4) is 0 Å². The fraction of sp³-hybridized carbons (Fsp3) is 0.200. The van der Waals surface area contributed by atoms with E-state index in [9.17, 15) is 18.0 Å². The van der Waals surface area contributed by atoms with E-state index in [0.29, 0.717) is 0 Å². The Hall–Kier alpha value is -1.56. The lowest BCUT2D eigenvalue weighted by atomic mass is 10.2. The first-order valence-corrected chi connectivity index (χ1v) is 4.42. The Labute approximate surface area is 89.4 Å². The fourth-order valence-corrected chi connectivity index (χ4v) is 1.36. The maximum atomic E-state index is 12.4. The van der Waals surface area contributed by atoms with Crippen molar-refractivity contribution in [2.75, 3.05) is 11.6 Å². The first-order valence-electron chi connectivity index (χ1n) is 4.42. The maximum absolute atomic E-state index is 12.4. The molecule has 16 heavy (non-hydrogen) atoms. The minimum atomic E-state index is -4.41. The van der Waals surface area contributed by atoms with Crippen molar-refractivity contribution in [3.63, 3.8) is 0 Å². The monoisotopic (exact) mass is 230 g/mol. The van der Waals surface area contributed by atoms with Crippen molar-refractivity contribution in [2.45, 2.75) is 6.18 Å². The molecule has 0 atom stereocenters. The molecule has 1 amide bonds. The molecule has 0 unspecified atom stereocenters. The summed E-state index contributed by atoms with van der Waals surface area (Å²) in [5.41, 5.74) is -0.613. The number of benzene rings is 1. The van der Waals surface area contributed by atoms with Crippen LogP contribution in [0.5, 0.6) is 0 Å². The molecular formula is C10H7F3NO2. The molecule has 6 heteroatoms. The van der Waals surface area contributed by atoms with Crippen LogP contribution in [0.15, 0.2) is 24.3 Å². The van der Waals surface area contributed by atoms with Crippen LogP contribution in [-0.4, -0.2) is 12.6 Å². The van der Waals surface area contributed by atoms with Crippen molar-refractivity contribution >= 4 is 11.6 Å². The average Bonchev–Trinajstić information content (AvgIpc) is 2.63. The summed E-state index contributed by atoms with van der Waals surface area (Å²) >= 11 is 0. The van der Waals surface area contributed by atoms with E-state index in [1.54, 1.807) is 0 Å². The smallest absolute Gasteiger partial charge is 0.344 e. The Bertz CT molecular complexity index is 417. The van der Waals surface area contributed by atoms with Gasteiger partial charge in [-0.1, -0.05) is 6.07 Å². The number of amides is 1. The van der Waals surface area contributed by atoms with Gasteiger partial charge < -0.3 is 4.74 Å². The molecule has 3 nitrogen and oxygen atoms in total. The van der Waals surface area contributed by atoms with Crippen LogP contribution < -0.4 is 4.90 Å². The standard InChI is InChI=1S/C10H7F3NO2/c11-10(12,13)7-2-1-3-8(4-7)14-6-16-5-9(14)15/h1-5H,6H2. The van der Waals surface area contributed by atoms with Gasteiger partial charge in [-0.25, -0.2) is 0 Å². The predicted molar refractivity (Wildman–Crippen MR) is 49.2 cm³/mol. The van der Waals surface area contributed by atoms with Crippen LogP contribution in [0.2, 0.25) is 0 Å². The molecule has 1 aromatic rings. The lowest BCUT2D eigenvalue weighted by Gasteiger charge is -2.15. The van der Waals surface area contributed by atoms with Crippen LogP contribution in [0.1, 0.15) is 5.56 Å². The van der Waals surface area contributed by atoms with E-state index in [4.69, 9.17) is 4.74 Å². The first kappa shape index (κ1) is 10.9. The fourth-order valence-electron chi connectivity index (χ4n) is 1.36. The number of hydrogen-bond donors (Lipinski definition) is 0. The van der Waals surface area contributed by atoms with Gasteiger partial charge in [-0.2, -0.15) is 13.2 Å². The highest BCUT2D eigenvalue weighted by Gasteiger charge is 2.32. The third-order valence-corrected chi connectivity index (χ3v) is 2.14. The van der Waals surface area contributed by atoms with Crippen molar-refractivity contribution < 1.29 is 22.7 Å². The van der Waals surface area contributed by atoms with Gasteiger partial charge in [0.1, 0.15) is 6.73 Å². The normalized spacial score (nSPS) is 16.9. The summed E-state index contributed by atoms with van der Waals surface area (Å²) < 4.78 is 41.9. The number of anilines is 1. The molecule has 1 saturated heterocycles. The number of carbonyl (C=O) groups excluding carboxylic acids is 1. The summed E-state index contributed by atoms with van der Waals surface area (Å²) in [6.07, 6.45) is -4.41. The van der Waals surface area contributed by atoms with Gasteiger partial charge >= 0.3 is 6.18 Å². The molecule has 1 radical (unpaired) electrons. The van der Waals surface area contributed by atoms with Crippen LogP contribution in [0.3, 0.4) is 0 Å². The summed E-state index contributed by atoms with van der Waals surface area (Å²) in [7, 11) is 0. The van der Waals surface area contributed by atoms with Crippen molar-refractivity contribution in [3.05, 3.63) is 36.4 Å². The minimum Gasteiger partial charge on any atom is -0.344 e. The Morgan fingerprint density at radius 3 is 2.62 bits per heavy atom. The van der Waals surface area contributed by atoms with E-state index < -0.39 is 17.6 Å². The zero-order valence-corrected chi connectivity index (χ0v) is 7.99. The van der Waals surface area contributed by atoms with Gasteiger partial charge in [-0.05, 0) is 18.2 Å². The molecule has 0 bridgehead atoms. The van der Waals surface area contributed by atoms with E-state index in [1.165, 1.54) is 12.1 Å². The largest absolute Gasteiger partial charge is 0.416 e. The lowest BCUT2D eigenvalue weighted by molar-refractivity contribution is -0.137. The molecule has 0 spiro atoms. The highest BCUT2D eigenvalue weighted by atomic mass is 19.4. The van der Waals surface area contributed by atoms with Gasteiger partial charge in [0.2, 0.25) is 0 Å². The van der Waals surface area contributed by atoms with Gasteiger partial charge in [0.25, 0.3) is 5.91 Å². The van der Waals surface area contributed by atoms with Gasteiger partial charge in [0.15, 0.2) is 6.61 Å². The second-order valence-corrected chi connectivity index (χ2v) is 3.23. The van der Waals surface area contributed by atoms with Crippen LogP contribution in [0.25, 0.3) is 0 Å². The van der Waals surface area contributed by atoms with Gasteiger partial charge in [-0.15, -0.1) is 0 Å². The van der Waals surface area contributed by atoms with Crippen LogP contribution in [-0.2, 0) is 15.7 Å². The number of alkyl halides is 3. The number of nitrogens with zero attached hydrogens (tertiary/aromatic N) is 1. The van der Waals surface area contributed by atoms with Crippen LogP contribution in [0, 0.1) is 6.61 Å². The average molecular weight is 230 g/mol. The third-order valence-electron chi connectivity index (χ3n) is 2.14. The summed E-state index contributed by atoms with van der Waals surface area (Å²) in [5.74, 6) is -0.459. The highest BCUT2D eigenvalue weighted by Crippen LogP contribution is 2.32. The lowest BCUT2D eigenvalue weighted by Crippen LogP contribution is -2.24. The molecule has 85 valence electrons. The molecule has 1 aliphatic rings. The molecule has 0 saturated carbocycles. The maximum Gasteiger partial charge on any atom is 0.416 e. The van der Waals surface area contributed by atoms with Gasteiger partial charge in [0.05, 0.1) is 5.56 Å². The van der Waals surface area contributed by atoms with E-state index >= 15 is 0 Å². The number of rotatable bonds is 1. The molecule has 1 aromatic carbocycles. The molecule has 2 rings (SSSR count). The Morgan fingerprint density at radius 1 is 1.31 bits per heavy atom. The number of carbonyl (C=O) groups is 1. The topological polar surface area (TPSA) is 29.5 Å². The van der Waals surface area contributed by atoms with E-state index in [2.05, 4.69) is 0 Å². The summed E-state index contributed by atoms with van der Waals surface area (Å²) in [6, 6.07) is 4.55. The Balaban J connectivity index is 2.32. The van der Waals surface area contributed by atoms with Crippen molar-refractivity contribution in [1.29, 1.82) is 0 Å². The van der Waals surface area contributed by atoms with Crippen LogP contribution >= 0.6 is 0 Å². The Morgan fingerprint density at radius 2 is 2.06 bits per heavy atom. The second kappa shape index (κ2) is 3.79. The third kappa shape index (κ3) is 2.01. The Kier molecular flexibility index (Phi) is 2.59. The summed E-state index contributed by atoms with van der Waals surface area (Å²) in [6.45, 7) is 0.917. The molecule has 0 aliphatic carbocycles. The summed E-state index contributed by atoms with van der Waals surface area (Å²) in [4.78, 5) is 12.3. The van der Waals surface area contributed by atoms with Crippen LogP contribution in [0.4, 0.5) is 18.9 Å².